The van der Waals surface area contributed by atoms with E-state index in [2.05, 4.69) is 15.5 Å². The third-order valence-electron chi connectivity index (χ3n) is 3.68. The minimum atomic E-state index is -0.541. The number of amides is 1. The van der Waals surface area contributed by atoms with Crippen LogP contribution >= 0.6 is 23.2 Å². The van der Waals surface area contributed by atoms with Crippen molar-refractivity contribution in [2.24, 2.45) is 0 Å². The molecule has 0 bridgehead atoms. The molecule has 0 unspecified atom stereocenters. The number of hydrogen-bond donors (Lipinski definition) is 1. The monoisotopic (exact) mass is 408 g/mol. The average molecular weight is 409 g/mol. The predicted octanol–water partition coefficient (Wildman–Crippen LogP) is 3.29. The zero-order valence-corrected chi connectivity index (χ0v) is 15.6. The summed E-state index contributed by atoms with van der Waals surface area (Å²) in [5.74, 6) is -0.0503. The van der Waals surface area contributed by atoms with E-state index in [1.165, 1.54) is 17.8 Å². The fourth-order valence-electron chi connectivity index (χ4n) is 2.44. The van der Waals surface area contributed by atoms with Crippen LogP contribution in [0.5, 0.6) is 0 Å². The fourth-order valence-corrected chi connectivity index (χ4v) is 2.91. The summed E-state index contributed by atoms with van der Waals surface area (Å²) in [6.45, 7) is 1.76. The Kier molecular flexibility index (Phi) is 5.43. The number of carbonyl (C=O) groups is 1. The summed E-state index contributed by atoms with van der Waals surface area (Å²) in [6.07, 6.45) is 2.92. The van der Waals surface area contributed by atoms with Gasteiger partial charge in [0, 0.05) is 22.3 Å². The van der Waals surface area contributed by atoms with Crippen LogP contribution in [0.1, 0.15) is 11.3 Å². The molecule has 2 heterocycles. The highest BCUT2D eigenvalue weighted by atomic mass is 35.5. The average Bonchev–Trinajstić information content (AvgIpc) is 3.16. The number of hydrogen-bond acceptors (Lipinski definition) is 5. The number of carbonyl (C=O) groups excluding carboxylic acids is 1. The number of nitrogens with one attached hydrogen (secondary N) is 1. The molecule has 0 aliphatic heterocycles. The van der Waals surface area contributed by atoms with Crippen LogP contribution in [0.15, 0.2) is 36.7 Å². The Morgan fingerprint density at radius 3 is 2.70 bits per heavy atom. The second-order valence-corrected chi connectivity index (χ2v) is 6.58. The molecule has 140 valence electrons. The lowest BCUT2D eigenvalue weighted by atomic mass is 10.2. The number of aryl methyl sites for hydroxylation is 1. The molecule has 0 radical (unpaired) electrons. The van der Waals surface area contributed by atoms with Gasteiger partial charge in [-0.2, -0.15) is 10.2 Å². The molecule has 3 rings (SSSR count). The van der Waals surface area contributed by atoms with E-state index < -0.39 is 10.8 Å². The topological polar surface area (TPSA) is 108 Å². The molecule has 0 fully saturated rings. The Morgan fingerprint density at radius 1 is 1.26 bits per heavy atom. The van der Waals surface area contributed by atoms with Crippen LogP contribution in [-0.2, 0) is 17.9 Å². The Labute approximate surface area is 163 Å². The smallest absolute Gasteiger partial charge is 0.308 e. The van der Waals surface area contributed by atoms with Crippen molar-refractivity contribution in [1.82, 2.24) is 19.6 Å². The Bertz CT molecular complexity index is 1010. The van der Waals surface area contributed by atoms with Gasteiger partial charge in [0.1, 0.15) is 18.4 Å². The van der Waals surface area contributed by atoms with E-state index in [-0.39, 0.29) is 17.9 Å². The van der Waals surface area contributed by atoms with E-state index in [1.54, 1.807) is 35.1 Å². The van der Waals surface area contributed by atoms with Gasteiger partial charge in [-0.1, -0.05) is 29.3 Å². The molecule has 1 aromatic carbocycles. The lowest BCUT2D eigenvalue weighted by Gasteiger charge is -2.05. The molecule has 27 heavy (non-hydrogen) atoms. The molecule has 0 aliphatic rings. The highest BCUT2D eigenvalue weighted by Gasteiger charge is 2.17. The van der Waals surface area contributed by atoms with E-state index in [0.717, 1.165) is 5.56 Å². The lowest BCUT2D eigenvalue weighted by Crippen LogP contribution is -2.19. The minimum Gasteiger partial charge on any atom is -0.308 e. The van der Waals surface area contributed by atoms with Gasteiger partial charge in [0.2, 0.25) is 5.91 Å². The highest BCUT2D eigenvalue weighted by Crippen LogP contribution is 2.22. The maximum Gasteiger partial charge on any atom is 0.309 e. The van der Waals surface area contributed by atoms with Crippen LogP contribution in [0.3, 0.4) is 0 Å². The molecule has 0 spiro atoms. The molecule has 1 amide bonds. The second-order valence-electron chi connectivity index (χ2n) is 5.74. The zero-order valence-electron chi connectivity index (χ0n) is 14.1. The first kappa shape index (κ1) is 18.9. The van der Waals surface area contributed by atoms with Gasteiger partial charge in [0.05, 0.1) is 11.5 Å². The van der Waals surface area contributed by atoms with Gasteiger partial charge in [0.15, 0.2) is 5.82 Å². The molecule has 9 nitrogen and oxygen atoms in total. The molecular formula is C16H14Cl2N6O3. The van der Waals surface area contributed by atoms with Crippen LogP contribution in [0.4, 0.5) is 11.5 Å². The number of aromatic nitrogens is 4. The van der Waals surface area contributed by atoms with Crippen molar-refractivity contribution in [3.8, 4) is 0 Å². The van der Waals surface area contributed by atoms with Gasteiger partial charge in [0.25, 0.3) is 0 Å². The number of halogens is 2. The summed E-state index contributed by atoms with van der Waals surface area (Å²) in [5.41, 5.74) is 0.949. The third kappa shape index (κ3) is 4.63. The Morgan fingerprint density at radius 2 is 2.04 bits per heavy atom. The first-order chi connectivity index (χ1) is 12.8. The van der Waals surface area contributed by atoms with Crippen molar-refractivity contribution >= 4 is 40.6 Å². The lowest BCUT2D eigenvalue weighted by molar-refractivity contribution is -0.385. The van der Waals surface area contributed by atoms with Crippen molar-refractivity contribution in [2.45, 2.75) is 20.0 Å². The van der Waals surface area contributed by atoms with E-state index in [9.17, 15) is 14.9 Å². The number of benzene rings is 1. The van der Waals surface area contributed by atoms with Crippen LogP contribution in [0.2, 0.25) is 10.0 Å². The van der Waals surface area contributed by atoms with E-state index in [4.69, 9.17) is 23.2 Å². The zero-order chi connectivity index (χ0) is 19.6. The van der Waals surface area contributed by atoms with Crippen LogP contribution < -0.4 is 5.32 Å². The first-order valence-corrected chi connectivity index (χ1v) is 8.53. The number of nitrogens with zero attached hydrogens (tertiary/aromatic N) is 5. The summed E-state index contributed by atoms with van der Waals surface area (Å²) < 4.78 is 2.83. The van der Waals surface area contributed by atoms with Gasteiger partial charge < -0.3 is 5.32 Å². The van der Waals surface area contributed by atoms with Gasteiger partial charge in [-0.3, -0.25) is 24.3 Å². The Balaban J connectivity index is 1.62. The minimum absolute atomic E-state index is 0.132. The molecule has 0 saturated carbocycles. The van der Waals surface area contributed by atoms with Gasteiger partial charge >= 0.3 is 5.69 Å². The van der Waals surface area contributed by atoms with E-state index in [0.29, 0.717) is 22.4 Å². The summed E-state index contributed by atoms with van der Waals surface area (Å²) >= 11 is 12.0. The summed E-state index contributed by atoms with van der Waals surface area (Å²) in [4.78, 5) is 22.4. The predicted molar refractivity (Wildman–Crippen MR) is 100 cm³/mol. The van der Waals surface area contributed by atoms with E-state index >= 15 is 0 Å². The molecule has 0 atom stereocenters. The molecule has 0 saturated heterocycles. The first-order valence-electron chi connectivity index (χ1n) is 7.77. The number of rotatable bonds is 6. The molecule has 2 aromatic heterocycles. The van der Waals surface area contributed by atoms with Crippen molar-refractivity contribution in [3.63, 3.8) is 0 Å². The summed E-state index contributed by atoms with van der Waals surface area (Å²) in [7, 11) is 0. The van der Waals surface area contributed by atoms with Crippen molar-refractivity contribution in [1.29, 1.82) is 0 Å². The van der Waals surface area contributed by atoms with E-state index in [1.807, 2.05) is 0 Å². The van der Waals surface area contributed by atoms with Gasteiger partial charge in [-0.25, -0.2) is 0 Å². The standard InChI is InChI=1S/C16H14Cl2N6O3/c1-10-14(24(26)27)8-23(20-10)9-16(25)19-15-4-5-22(21-15)7-11-2-3-12(17)6-13(11)18/h2-6,8H,7,9H2,1H3,(H,19,21,25). The SMILES string of the molecule is Cc1nn(CC(=O)Nc2ccn(Cc3ccc(Cl)cc3Cl)n2)cc1[N+](=O)[O-]. The van der Waals surface area contributed by atoms with Crippen molar-refractivity contribution in [3.05, 3.63) is 68.1 Å². The van der Waals surface area contributed by atoms with Crippen LogP contribution in [0.25, 0.3) is 0 Å². The quantitative estimate of drug-likeness (QED) is 0.497. The molecule has 1 N–H and O–H groups in total. The van der Waals surface area contributed by atoms with Crippen LogP contribution in [-0.4, -0.2) is 30.4 Å². The summed E-state index contributed by atoms with van der Waals surface area (Å²) in [5, 5.41) is 22.7. The van der Waals surface area contributed by atoms with Crippen LogP contribution in [0, 0.1) is 17.0 Å². The number of anilines is 1. The largest absolute Gasteiger partial charge is 0.309 e. The summed E-state index contributed by atoms with van der Waals surface area (Å²) in [6, 6.07) is 6.83. The maximum absolute atomic E-state index is 12.1. The number of nitro groups is 1. The fraction of sp³-hybridized carbons (Fsp3) is 0.188. The van der Waals surface area contributed by atoms with Crippen molar-refractivity contribution < 1.29 is 9.72 Å². The normalized spacial score (nSPS) is 10.8. The highest BCUT2D eigenvalue weighted by molar-refractivity contribution is 6.35. The molecule has 11 heteroatoms. The van der Waals surface area contributed by atoms with Gasteiger partial charge in [-0.15, -0.1) is 0 Å². The molecule has 0 aliphatic carbocycles. The molecular weight excluding hydrogens is 395 g/mol. The van der Waals surface area contributed by atoms with Gasteiger partial charge in [-0.05, 0) is 24.6 Å². The Hall–Kier alpha value is -2.91. The molecule has 3 aromatic rings. The maximum atomic E-state index is 12.1. The van der Waals surface area contributed by atoms with Crippen molar-refractivity contribution in [2.75, 3.05) is 5.32 Å². The third-order valence-corrected chi connectivity index (χ3v) is 4.27. The second kappa shape index (κ2) is 7.77.